The Morgan fingerprint density at radius 2 is 1.95 bits per heavy atom. The summed E-state index contributed by atoms with van der Waals surface area (Å²) in [4.78, 5) is 5.01. The number of nitrogens with zero attached hydrogens (tertiary/aromatic N) is 2. The number of likely N-dealkylation sites (N-methyl/N-ethyl adjacent to an activating group) is 2. The van der Waals surface area contributed by atoms with Gasteiger partial charge >= 0.3 is 0 Å². The van der Waals surface area contributed by atoms with Gasteiger partial charge in [0.05, 0.1) is 0 Å². The summed E-state index contributed by atoms with van der Waals surface area (Å²) < 4.78 is 0. The van der Waals surface area contributed by atoms with Crippen LogP contribution in [-0.2, 0) is 0 Å². The van der Waals surface area contributed by atoms with Gasteiger partial charge in [0.25, 0.3) is 0 Å². The van der Waals surface area contributed by atoms with Crippen molar-refractivity contribution in [1.82, 2.24) is 20.4 Å². The fourth-order valence-electron chi connectivity index (χ4n) is 4.58. The zero-order valence-corrected chi connectivity index (χ0v) is 14.0. The summed E-state index contributed by atoms with van der Waals surface area (Å²) in [5, 5.41) is 7.73. The van der Waals surface area contributed by atoms with Gasteiger partial charge in [-0.3, -0.25) is 4.90 Å². The Balaban J connectivity index is 1.49. The Kier molecular flexibility index (Phi) is 5.54. The lowest BCUT2D eigenvalue weighted by atomic mass is 9.88. The zero-order valence-electron chi connectivity index (χ0n) is 14.0. The Morgan fingerprint density at radius 1 is 1.05 bits per heavy atom. The monoisotopic (exact) mass is 294 g/mol. The van der Waals surface area contributed by atoms with Gasteiger partial charge < -0.3 is 15.5 Å². The number of nitrogens with one attached hydrogen (secondary N) is 2. The van der Waals surface area contributed by atoms with Crippen LogP contribution in [0.25, 0.3) is 0 Å². The van der Waals surface area contributed by atoms with Crippen LogP contribution >= 0.6 is 0 Å². The van der Waals surface area contributed by atoms with Gasteiger partial charge in [0.1, 0.15) is 0 Å². The van der Waals surface area contributed by atoms with Crippen molar-refractivity contribution < 1.29 is 0 Å². The molecule has 4 atom stereocenters. The average Bonchev–Trinajstić information content (AvgIpc) is 2.97. The van der Waals surface area contributed by atoms with E-state index in [0.29, 0.717) is 6.04 Å². The van der Waals surface area contributed by atoms with E-state index >= 15 is 0 Å². The number of hydrogen-bond acceptors (Lipinski definition) is 4. The molecule has 4 nitrogen and oxygen atoms in total. The van der Waals surface area contributed by atoms with Gasteiger partial charge in [0.15, 0.2) is 0 Å². The van der Waals surface area contributed by atoms with Crippen molar-refractivity contribution in [3.63, 3.8) is 0 Å². The SMILES string of the molecule is CN1CCN(C)C(CNC2CCCC2C2CCCCN2)C1. The number of piperazine rings is 1. The molecule has 0 spiro atoms. The van der Waals surface area contributed by atoms with Crippen molar-refractivity contribution in [3.8, 4) is 0 Å². The fourth-order valence-corrected chi connectivity index (χ4v) is 4.58. The van der Waals surface area contributed by atoms with Gasteiger partial charge in [0.2, 0.25) is 0 Å². The van der Waals surface area contributed by atoms with E-state index in [1.807, 2.05) is 0 Å². The van der Waals surface area contributed by atoms with Gasteiger partial charge in [0, 0.05) is 44.3 Å². The highest BCUT2D eigenvalue weighted by atomic mass is 15.3. The Morgan fingerprint density at radius 3 is 2.76 bits per heavy atom. The Bertz CT molecular complexity index is 316. The van der Waals surface area contributed by atoms with Gasteiger partial charge in [-0.25, -0.2) is 0 Å². The largest absolute Gasteiger partial charge is 0.314 e. The van der Waals surface area contributed by atoms with Crippen LogP contribution in [0.2, 0.25) is 0 Å². The number of hydrogen-bond donors (Lipinski definition) is 2. The Labute approximate surface area is 130 Å². The molecule has 2 aliphatic heterocycles. The maximum atomic E-state index is 3.94. The van der Waals surface area contributed by atoms with Crippen LogP contribution in [0, 0.1) is 5.92 Å². The third kappa shape index (κ3) is 3.98. The summed E-state index contributed by atoms with van der Waals surface area (Å²) >= 11 is 0. The summed E-state index contributed by atoms with van der Waals surface area (Å²) in [7, 11) is 4.54. The van der Waals surface area contributed by atoms with Crippen LogP contribution in [0.5, 0.6) is 0 Å². The third-order valence-electron chi connectivity index (χ3n) is 6.03. The molecule has 4 heteroatoms. The first-order valence-electron chi connectivity index (χ1n) is 9.09. The van der Waals surface area contributed by atoms with Gasteiger partial charge in [-0.15, -0.1) is 0 Å². The van der Waals surface area contributed by atoms with E-state index in [4.69, 9.17) is 0 Å². The topological polar surface area (TPSA) is 30.5 Å². The van der Waals surface area contributed by atoms with E-state index < -0.39 is 0 Å². The maximum Gasteiger partial charge on any atom is 0.0345 e. The minimum Gasteiger partial charge on any atom is -0.314 e. The lowest BCUT2D eigenvalue weighted by molar-refractivity contribution is 0.108. The highest BCUT2D eigenvalue weighted by Gasteiger charge is 2.34. The summed E-state index contributed by atoms with van der Waals surface area (Å²) in [6, 6.07) is 2.22. The molecule has 0 aromatic heterocycles. The predicted octanol–water partition coefficient (Wildman–Crippen LogP) is 1.13. The fraction of sp³-hybridized carbons (Fsp3) is 1.00. The second-order valence-electron chi connectivity index (χ2n) is 7.56. The molecule has 0 aromatic rings. The van der Waals surface area contributed by atoms with E-state index in [1.165, 1.54) is 64.7 Å². The third-order valence-corrected chi connectivity index (χ3v) is 6.03. The minimum atomic E-state index is 0.685. The molecule has 4 unspecified atom stereocenters. The molecule has 0 amide bonds. The molecule has 1 saturated carbocycles. The summed E-state index contributed by atoms with van der Waals surface area (Å²) in [6.45, 7) is 6.04. The number of piperidine rings is 1. The normalized spacial score (nSPS) is 39.7. The molecule has 3 aliphatic rings. The molecule has 2 heterocycles. The zero-order chi connectivity index (χ0) is 14.7. The van der Waals surface area contributed by atoms with Gasteiger partial charge in [-0.05, 0) is 52.2 Å². The highest BCUT2D eigenvalue weighted by molar-refractivity contribution is 4.93. The molecule has 0 bridgehead atoms. The summed E-state index contributed by atoms with van der Waals surface area (Å²) in [5.41, 5.74) is 0. The van der Waals surface area contributed by atoms with Crippen molar-refractivity contribution in [3.05, 3.63) is 0 Å². The maximum absolute atomic E-state index is 3.94. The molecule has 122 valence electrons. The second kappa shape index (κ2) is 7.40. The highest BCUT2D eigenvalue weighted by Crippen LogP contribution is 2.31. The predicted molar refractivity (Wildman–Crippen MR) is 88.7 cm³/mol. The van der Waals surface area contributed by atoms with Crippen molar-refractivity contribution in [2.45, 2.75) is 56.7 Å². The van der Waals surface area contributed by atoms with E-state index in [0.717, 1.165) is 24.5 Å². The van der Waals surface area contributed by atoms with Crippen LogP contribution < -0.4 is 10.6 Å². The average molecular weight is 294 g/mol. The van der Waals surface area contributed by atoms with E-state index in [2.05, 4.69) is 34.5 Å². The van der Waals surface area contributed by atoms with Crippen LogP contribution in [-0.4, -0.2) is 74.7 Å². The minimum absolute atomic E-state index is 0.685. The first-order valence-corrected chi connectivity index (χ1v) is 9.09. The summed E-state index contributed by atoms with van der Waals surface area (Å²) in [6.07, 6.45) is 8.43. The first-order chi connectivity index (χ1) is 10.2. The van der Waals surface area contributed by atoms with Crippen LogP contribution in [0.15, 0.2) is 0 Å². The number of rotatable bonds is 4. The van der Waals surface area contributed by atoms with Crippen LogP contribution in [0.4, 0.5) is 0 Å². The molecule has 1 aliphatic carbocycles. The Hall–Kier alpha value is -0.160. The van der Waals surface area contributed by atoms with E-state index in [9.17, 15) is 0 Å². The lowest BCUT2D eigenvalue weighted by Gasteiger charge is -2.39. The quantitative estimate of drug-likeness (QED) is 0.814. The molecule has 21 heavy (non-hydrogen) atoms. The van der Waals surface area contributed by atoms with Crippen molar-refractivity contribution in [2.75, 3.05) is 46.8 Å². The molecule has 0 aromatic carbocycles. The van der Waals surface area contributed by atoms with Gasteiger partial charge in [-0.2, -0.15) is 0 Å². The molecule has 0 radical (unpaired) electrons. The molecule has 3 fully saturated rings. The van der Waals surface area contributed by atoms with E-state index in [-0.39, 0.29) is 0 Å². The van der Waals surface area contributed by atoms with Crippen molar-refractivity contribution >= 4 is 0 Å². The first kappa shape index (κ1) is 15.7. The van der Waals surface area contributed by atoms with E-state index in [1.54, 1.807) is 0 Å². The van der Waals surface area contributed by atoms with Crippen molar-refractivity contribution in [1.29, 1.82) is 0 Å². The van der Waals surface area contributed by atoms with Gasteiger partial charge in [-0.1, -0.05) is 12.8 Å². The van der Waals surface area contributed by atoms with Crippen molar-refractivity contribution in [2.24, 2.45) is 5.92 Å². The van der Waals surface area contributed by atoms with Crippen LogP contribution in [0.1, 0.15) is 38.5 Å². The molecular formula is C17H34N4. The van der Waals surface area contributed by atoms with Crippen LogP contribution in [0.3, 0.4) is 0 Å². The molecular weight excluding hydrogens is 260 g/mol. The lowest BCUT2D eigenvalue weighted by Crippen LogP contribution is -2.56. The summed E-state index contributed by atoms with van der Waals surface area (Å²) in [5.74, 6) is 0.872. The molecule has 2 N–H and O–H groups in total. The standard InChI is InChI=1S/C17H34N4/c1-20-10-11-21(2)14(13-20)12-19-17-8-5-6-15(17)16-7-3-4-9-18-16/h14-19H,3-13H2,1-2H3. The second-order valence-corrected chi connectivity index (χ2v) is 7.56. The smallest absolute Gasteiger partial charge is 0.0345 e. The molecule has 2 saturated heterocycles. The molecule has 3 rings (SSSR count).